The van der Waals surface area contributed by atoms with Gasteiger partial charge in [0.05, 0.1) is 6.10 Å². The van der Waals surface area contributed by atoms with Crippen LogP contribution in [0.3, 0.4) is 0 Å². The Kier molecular flexibility index (Phi) is 2.55. The molecule has 66 valence electrons. The topological polar surface area (TPSA) is 21.3 Å². The molecule has 2 nitrogen and oxygen atoms in total. The zero-order valence-corrected chi connectivity index (χ0v) is 7.98. The molecule has 0 aliphatic heterocycles. The van der Waals surface area contributed by atoms with E-state index < -0.39 is 0 Å². The lowest BCUT2D eigenvalue weighted by atomic mass is 9.64. The van der Waals surface area contributed by atoms with E-state index in [2.05, 4.69) is 26.1 Å². The average molecular weight is 157 g/mol. The molecule has 0 saturated heterocycles. The fourth-order valence-electron chi connectivity index (χ4n) is 1.86. The van der Waals surface area contributed by atoms with Gasteiger partial charge >= 0.3 is 0 Å². The zero-order valence-electron chi connectivity index (χ0n) is 7.98. The highest BCUT2D eigenvalue weighted by Crippen LogP contribution is 2.42. The molecule has 0 unspecified atom stereocenters. The summed E-state index contributed by atoms with van der Waals surface area (Å²) < 4.78 is 5.59. The molecule has 0 amide bonds. The Bertz CT molecular complexity index is 134. The first kappa shape index (κ1) is 9.01. The van der Waals surface area contributed by atoms with Gasteiger partial charge < -0.3 is 10.1 Å². The smallest absolute Gasteiger partial charge is 0.0655 e. The highest BCUT2D eigenvalue weighted by molar-refractivity contribution is 5.01. The minimum atomic E-state index is 0.324. The summed E-state index contributed by atoms with van der Waals surface area (Å²) >= 11 is 0. The van der Waals surface area contributed by atoms with Gasteiger partial charge in [-0.15, -0.1) is 0 Å². The van der Waals surface area contributed by atoms with Crippen LogP contribution in [0.15, 0.2) is 0 Å². The predicted octanol–water partition coefficient (Wildman–Crippen LogP) is 1.41. The maximum Gasteiger partial charge on any atom is 0.0655 e. The van der Waals surface area contributed by atoms with Crippen LogP contribution in [0.5, 0.6) is 0 Å². The van der Waals surface area contributed by atoms with Crippen molar-refractivity contribution in [2.24, 2.45) is 5.41 Å². The summed E-state index contributed by atoms with van der Waals surface area (Å²) in [7, 11) is 2.02. The van der Waals surface area contributed by atoms with Gasteiger partial charge in [-0.3, -0.25) is 0 Å². The Morgan fingerprint density at radius 1 is 1.55 bits per heavy atom. The molecular weight excluding hydrogens is 138 g/mol. The third-order valence-corrected chi connectivity index (χ3v) is 2.89. The van der Waals surface area contributed by atoms with Crippen molar-refractivity contribution in [3.05, 3.63) is 0 Å². The molecule has 2 atom stereocenters. The summed E-state index contributed by atoms with van der Waals surface area (Å²) in [6.45, 7) is 7.42. The lowest BCUT2D eigenvalue weighted by molar-refractivity contribution is -0.112. The van der Waals surface area contributed by atoms with Crippen LogP contribution < -0.4 is 5.32 Å². The Morgan fingerprint density at radius 2 is 2.18 bits per heavy atom. The molecule has 0 heterocycles. The average Bonchev–Trinajstić information content (AvgIpc) is 1.97. The van der Waals surface area contributed by atoms with Crippen LogP contribution >= 0.6 is 0 Å². The lowest BCUT2D eigenvalue weighted by Crippen LogP contribution is -2.60. The Balaban J connectivity index is 2.40. The number of hydrogen-bond acceptors (Lipinski definition) is 2. The van der Waals surface area contributed by atoms with Crippen LogP contribution in [0.2, 0.25) is 0 Å². The molecule has 0 aromatic carbocycles. The summed E-state index contributed by atoms with van der Waals surface area (Å²) in [6, 6.07) is 0.638. The molecule has 1 fully saturated rings. The molecular formula is C9H19NO. The van der Waals surface area contributed by atoms with Gasteiger partial charge in [-0.25, -0.2) is 0 Å². The van der Waals surface area contributed by atoms with Gasteiger partial charge in [0, 0.05) is 18.1 Å². The molecule has 0 radical (unpaired) electrons. The van der Waals surface area contributed by atoms with Crippen molar-refractivity contribution >= 4 is 0 Å². The fraction of sp³-hybridized carbons (Fsp3) is 1.00. The van der Waals surface area contributed by atoms with E-state index in [9.17, 15) is 0 Å². The second-order valence-electron chi connectivity index (χ2n) is 3.84. The molecule has 0 bridgehead atoms. The number of ether oxygens (including phenoxy) is 1. The summed E-state index contributed by atoms with van der Waals surface area (Å²) in [5, 5.41) is 3.30. The normalized spacial score (nSPS) is 34.9. The minimum absolute atomic E-state index is 0.324. The van der Waals surface area contributed by atoms with Gasteiger partial charge in [-0.2, -0.15) is 0 Å². The van der Waals surface area contributed by atoms with E-state index in [4.69, 9.17) is 4.74 Å². The quantitative estimate of drug-likeness (QED) is 0.669. The lowest BCUT2D eigenvalue weighted by Gasteiger charge is -2.51. The molecule has 1 aliphatic carbocycles. The van der Waals surface area contributed by atoms with Gasteiger partial charge in [0.2, 0.25) is 0 Å². The molecule has 2 heteroatoms. The van der Waals surface area contributed by atoms with Crippen molar-refractivity contribution in [1.82, 2.24) is 5.32 Å². The van der Waals surface area contributed by atoms with Crippen molar-refractivity contribution in [3.63, 3.8) is 0 Å². The number of rotatable bonds is 3. The summed E-state index contributed by atoms with van der Waals surface area (Å²) in [5.41, 5.74) is 0.324. The molecule has 0 aromatic heterocycles. The molecule has 0 aromatic rings. The van der Waals surface area contributed by atoms with Crippen molar-refractivity contribution in [1.29, 1.82) is 0 Å². The van der Waals surface area contributed by atoms with Crippen LogP contribution in [0.4, 0.5) is 0 Å². The van der Waals surface area contributed by atoms with Gasteiger partial charge in [0.1, 0.15) is 0 Å². The molecule has 1 N–H and O–H groups in total. The van der Waals surface area contributed by atoms with E-state index >= 15 is 0 Å². The van der Waals surface area contributed by atoms with Gasteiger partial charge in [0.25, 0.3) is 0 Å². The Hall–Kier alpha value is -0.0800. The summed E-state index contributed by atoms with van der Waals surface area (Å²) in [5.74, 6) is 0. The predicted molar refractivity (Wildman–Crippen MR) is 46.7 cm³/mol. The van der Waals surface area contributed by atoms with E-state index in [1.54, 1.807) is 0 Å². The van der Waals surface area contributed by atoms with E-state index in [1.165, 1.54) is 0 Å². The van der Waals surface area contributed by atoms with E-state index in [0.717, 1.165) is 13.0 Å². The second-order valence-corrected chi connectivity index (χ2v) is 3.84. The van der Waals surface area contributed by atoms with E-state index in [1.807, 2.05) is 7.05 Å². The first-order chi connectivity index (χ1) is 5.12. The summed E-state index contributed by atoms with van der Waals surface area (Å²) in [6.07, 6.45) is 1.63. The zero-order chi connectivity index (χ0) is 8.48. The molecule has 1 rings (SSSR count). The SMILES string of the molecule is CCO[C@H]1C[C@@H](NC)C1(C)C. The maximum atomic E-state index is 5.59. The molecule has 0 spiro atoms. The fourth-order valence-corrected chi connectivity index (χ4v) is 1.86. The van der Waals surface area contributed by atoms with E-state index in [-0.39, 0.29) is 0 Å². The minimum Gasteiger partial charge on any atom is -0.378 e. The van der Waals surface area contributed by atoms with Crippen LogP contribution in [0.1, 0.15) is 27.2 Å². The summed E-state index contributed by atoms with van der Waals surface area (Å²) in [4.78, 5) is 0. The van der Waals surface area contributed by atoms with Gasteiger partial charge in [0.15, 0.2) is 0 Å². The highest BCUT2D eigenvalue weighted by Gasteiger charge is 2.47. The van der Waals surface area contributed by atoms with Crippen LogP contribution in [0.25, 0.3) is 0 Å². The first-order valence-corrected chi connectivity index (χ1v) is 4.41. The van der Waals surface area contributed by atoms with Crippen LogP contribution in [0, 0.1) is 5.41 Å². The standard InChI is InChI=1S/C9H19NO/c1-5-11-8-6-7(10-4)9(8,2)3/h7-8,10H,5-6H2,1-4H3/t7-,8+/m1/s1. The molecule has 1 aliphatic rings. The monoisotopic (exact) mass is 157 g/mol. The van der Waals surface area contributed by atoms with Crippen molar-refractivity contribution in [2.45, 2.75) is 39.3 Å². The van der Waals surface area contributed by atoms with Gasteiger partial charge in [-0.05, 0) is 20.4 Å². The van der Waals surface area contributed by atoms with Crippen LogP contribution in [-0.2, 0) is 4.74 Å². The van der Waals surface area contributed by atoms with Crippen molar-refractivity contribution < 1.29 is 4.74 Å². The van der Waals surface area contributed by atoms with Crippen LogP contribution in [-0.4, -0.2) is 25.8 Å². The first-order valence-electron chi connectivity index (χ1n) is 4.41. The highest BCUT2D eigenvalue weighted by atomic mass is 16.5. The molecule has 1 saturated carbocycles. The van der Waals surface area contributed by atoms with Crippen molar-refractivity contribution in [2.75, 3.05) is 13.7 Å². The second kappa shape index (κ2) is 3.11. The largest absolute Gasteiger partial charge is 0.378 e. The third kappa shape index (κ3) is 1.42. The number of nitrogens with one attached hydrogen (secondary N) is 1. The van der Waals surface area contributed by atoms with Gasteiger partial charge in [-0.1, -0.05) is 13.8 Å². The third-order valence-electron chi connectivity index (χ3n) is 2.89. The van der Waals surface area contributed by atoms with Crippen molar-refractivity contribution in [3.8, 4) is 0 Å². The number of hydrogen-bond donors (Lipinski definition) is 1. The Morgan fingerprint density at radius 3 is 2.55 bits per heavy atom. The molecule has 11 heavy (non-hydrogen) atoms. The Labute approximate surface area is 69.3 Å². The maximum absolute atomic E-state index is 5.59. The van der Waals surface area contributed by atoms with E-state index in [0.29, 0.717) is 17.6 Å².